The van der Waals surface area contributed by atoms with Gasteiger partial charge in [-0.3, -0.25) is 9.59 Å². The highest BCUT2D eigenvalue weighted by atomic mass is 16.4. The lowest BCUT2D eigenvalue weighted by molar-refractivity contribution is -0.145. The molecular weight excluding hydrogens is 258 g/mol. The lowest BCUT2D eigenvalue weighted by Crippen LogP contribution is -2.46. The highest BCUT2D eigenvalue weighted by Gasteiger charge is 2.26. The summed E-state index contributed by atoms with van der Waals surface area (Å²) in [7, 11) is 0. The van der Waals surface area contributed by atoms with Gasteiger partial charge in [0.05, 0.1) is 0 Å². The Hall–Kier alpha value is -2.17. The van der Waals surface area contributed by atoms with Gasteiger partial charge in [0.15, 0.2) is 11.8 Å². The zero-order valence-corrected chi connectivity index (χ0v) is 11.5. The van der Waals surface area contributed by atoms with Crippen molar-refractivity contribution in [2.75, 3.05) is 0 Å². The largest absolute Gasteiger partial charge is 0.479 e. The maximum absolute atomic E-state index is 11.9. The van der Waals surface area contributed by atoms with Crippen molar-refractivity contribution in [3.05, 3.63) is 35.9 Å². The average Bonchev–Trinajstić information content (AvgIpc) is 2.43. The molecule has 0 saturated carbocycles. The molecule has 0 unspecified atom stereocenters. The molecule has 1 amide bonds. The van der Waals surface area contributed by atoms with E-state index in [0.29, 0.717) is 12.8 Å². The highest BCUT2D eigenvalue weighted by molar-refractivity contribution is 6.05. The number of hydrogen-bond acceptors (Lipinski definition) is 3. The number of nitrogens with one attached hydrogen (secondary N) is 1. The molecule has 0 heterocycles. The van der Waals surface area contributed by atoms with Crippen LogP contribution in [0.5, 0.6) is 0 Å². The number of benzene rings is 1. The molecule has 0 saturated heterocycles. The van der Waals surface area contributed by atoms with Gasteiger partial charge in [-0.05, 0) is 18.4 Å². The number of amides is 1. The van der Waals surface area contributed by atoms with E-state index in [4.69, 9.17) is 5.11 Å². The van der Waals surface area contributed by atoms with E-state index in [-0.39, 0.29) is 12.8 Å². The second-order valence-electron chi connectivity index (χ2n) is 4.54. The van der Waals surface area contributed by atoms with E-state index in [2.05, 4.69) is 5.32 Å². The van der Waals surface area contributed by atoms with Crippen molar-refractivity contribution in [1.29, 1.82) is 0 Å². The van der Waals surface area contributed by atoms with Crippen LogP contribution in [0.3, 0.4) is 0 Å². The molecule has 0 aliphatic rings. The Bertz CT molecular complexity index is 470. The molecule has 1 rings (SSSR count). The molecule has 0 radical (unpaired) electrons. The third-order valence-corrected chi connectivity index (χ3v) is 2.85. The zero-order valence-electron chi connectivity index (χ0n) is 11.5. The van der Waals surface area contributed by atoms with Gasteiger partial charge in [0, 0.05) is 12.8 Å². The summed E-state index contributed by atoms with van der Waals surface area (Å²) in [5, 5.41) is 11.3. The Labute approximate surface area is 118 Å². The quantitative estimate of drug-likeness (QED) is 0.706. The standard InChI is InChI=1S/C15H19NO4/c1-2-6-13(18)16-14(15(19)20)12(17)10-9-11-7-4-3-5-8-11/h3-5,7-8,14H,2,6,9-10H2,1H3,(H,16,18)(H,19,20)/t14-/m0/s1. The van der Waals surface area contributed by atoms with Crippen molar-refractivity contribution in [3.63, 3.8) is 0 Å². The summed E-state index contributed by atoms with van der Waals surface area (Å²) in [6.45, 7) is 1.81. The number of Topliss-reactive ketones (excluding diaryl/α,β-unsaturated/α-hetero) is 1. The SMILES string of the molecule is CCCC(=O)N[C@H](C(=O)O)C(=O)CCc1ccccc1. The smallest absolute Gasteiger partial charge is 0.334 e. The van der Waals surface area contributed by atoms with Gasteiger partial charge in [0.1, 0.15) is 0 Å². The van der Waals surface area contributed by atoms with Gasteiger partial charge in [-0.15, -0.1) is 0 Å². The van der Waals surface area contributed by atoms with Crippen molar-refractivity contribution >= 4 is 17.7 Å². The molecule has 0 bridgehead atoms. The van der Waals surface area contributed by atoms with Crippen LogP contribution in [0.25, 0.3) is 0 Å². The minimum absolute atomic E-state index is 0.0907. The Morgan fingerprint density at radius 1 is 1.15 bits per heavy atom. The minimum atomic E-state index is -1.45. The van der Waals surface area contributed by atoms with E-state index in [9.17, 15) is 14.4 Å². The van der Waals surface area contributed by atoms with Crippen molar-refractivity contribution in [3.8, 4) is 0 Å². The maximum Gasteiger partial charge on any atom is 0.334 e. The van der Waals surface area contributed by atoms with E-state index in [1.54, 1.807) is 0 Å². The van der Waals surface area contributed by atoms with Crippen LogP contribution in [0.4, 0.5) is 0 Å². The molecule has 108 valence electrons. The number of carboxylic acids is 1. The lowest BCUT2D eigenvalue weighted by atomic mass is 10.0. The lowest BCUT2D eigenvalue weighted by Gasteiger charge is -2.13. The Balaban J connectivity index is 2.56. The number of aryl methyl sites for hydroxylation is 1. The van der Waals surface area contributed by atoms with Gasteiger partial charge in [0.2, 0.25) is 5.91 Å². The second kappa shape index (κ2) is 8.09. The number of carbonyl (C=O) groups excluding carboxylic acids is 2. The fourth-order valence-electron chi connectivity index (χ4n) is 1.80. The summed E-state index contributed by atoms with van der Waals surface area (Å²) < 4.78 is 0. The van der Waals surface area contributed by atoms with E-state index < -0.39 is 23.7 Å². The van der Waals surface area contributed by atoms with Crippen LogP contribution in [-0.4, -0.2) is 28.8 Å². The van der Waals surface area contributed by atoms with Gasteiger partial charge in [-0.1, -0.05) is 37.3 Å². The van der Waals surface area contributed by atoms with Gasteiger partial charge in [0.25, 0.3) is 0 Å². The predicted octanol–water partition coefficient (Wildman–Crippen LogP) is 1.56. The molecular formula is C15H19NO4. The van der Waals surface area contributed by atoms with Crippen LogP contribution in [-0.2, 0) is 20.8 Å². The average molecular weight is 277 g/mol. The predicted molar refractivity (Wildman–Crippen MR) is 74.2 cm³/mol. The van der Waals surface area contributed by atoms with Crippen LogP contribution in [0.2, 0.25) is 0 Å². The highest BCUT2D eigenvalue weighted by Crippen LogP contribution is 2.05. The normalized spacial score (nSPS) is 11.7. The number of carbonyl (C=O) groups is 3. The van der Waals surface area contributed by atoms with Crippen molar-refractivity contribution in [2.45, 2.75) is 38.6 Å². The first-order chi connectivity index (χ1) is 9.54. The number of aliphatic carboxylic acids is 1. The molecule has 0 fully saturated rings. The third kappa shape index (κ3) is 5.22. The van der Waals surface area contributed by atoms with Crippen LogP contribution in [0.1, 0.15) is 31.7 Å². The molecule has 2 N–H and O–H groups in total. The summed E-state index contributed by atoms with van der Waals surface area (Å²) in [4.78, 5) is 34.4. The molecule has 1 aromatic carbocycles. The maximum atomic E-state index is 11.9. The van der Waals surface area contributed by atoms with Crippen molar-refractivity contribution < 1.29 is 19.5 Å². The zero-order chi connectivity index (χ0) is 15.0. The monoisotopic (exact) mass is 277 g/mol. The fraction of sp³-hybridized carbons (Fsp3) is 0.400. The summed E-state index contributed by atoms with van der Waals surface area (Å²) in [5.74, 6) is -2.20. The van der Waals surface area contributed by atoms with Crippen LogP contribution in [0.15, 0.2) is 30.3 Å². The fourth-order valence-corrected chi connectivity index (χ4v) is 1.80. The number of rotatable bonds is 8. The molecule has 0 aliphatic heterocycles. The second-order valence-corrected chi connectivity index (χ2v) is 4.54. The van der Waals surface area contributed by atoms with Gasteiger partial charge in [-0.25, -0.2) is 4.79 Å². The third-order valence-electron chi connectivity index (χ3n) is 2.85. The Kier molecular flexibility index (Phi) is 6.43. The molecule has 1 aromatic rings. The van der Waals surface area contributed by atoms with Crippen LogP contribution in [0, 0.1) is 0 Å². The van der Waals surface area contributed by atoms with Crippen molar-refractivity contribution in [2.24, 2.45) is 0 Å². The van der Waals surface area contributed by atoms with Gasteiger partial charge < -0.3 is 10.4 Å². The summed E-state index contributed by atoms with van der Waals surface area (Å²) in [5.41, 5.74) is 0.963. The first-order valence-corrected chi connectivity index (χ1v) is 6.63. The van der Waals surface area contributed by atoms with E-state index in [0.717, 1.165) is 5.56 Å². The molecule has 5 nitrogen and oxygen atoms in total. The first kappa shape index (κ1) is 15.9. The first-order valence-electron chi connectivity index (χ1n) is 6.63. The van der Waals surface area contributed by atoms with E-state index in [1.807, 2.05) is 37.3 Å². The summed E-state index contributed by atoms with van der Waals surface area (Å²) >= 11 is 0. The van der Waals surface area contributed by atoms with Crippen LogP contribution < -0.4 is 5.32 Å². The van der Waals surface area contributed by atoms with Gasteiger partial charge >= 0.3 is 5.97 Å². The summed E-state index contributed by atoms with van der Waals surface area (Å²) in [6, 6.07) is 7.89. The molecule has 1 atom stereocenters. The van der Waals surface area contributed by atoms with E-state index >= 15 is 0 Å². The topological polar surface area (TPSA) is 83.5 Å². The number of hydrogen-bond donors (Lipinski definition) is 2. The Morgan fingerprint density at radius 2 is 1.80 bits per heavy atom. The van der Waals surface area contributed by atoms with Gasteiger partial charge in [-0.2, -0.15) is 0 Å². The minimum Gasteiger partial charge on any atom is -0.479 e. The Morgan fingerprint density at radius 3 is 2.35 bits per heavy atom. The molecule has 0 aliphatic carbocycles. The molecule has 5 heteroatoms. The summed E-state index contributed by atoms with van der Waals surface area (Å²) in [6.07, 6.45) is 1.38. The van der Waals surface area contributed by atoms with Crippen molar-refractivity contribution in [1.82, 2.24) is 5.32 Å². The number of carboxylic acid groups (broad SMARTS) is 1. The molecule has 20 heavy (non-hydrogen) atoms. The van der Waals surface area contributed by atoms with Crippen LogP contribution >= 0.6 is 0 Å². The molecule has 0 aromatic heterocycles. The number of ketones is 1. The van der Waals surface area contributed by atoms with E-state index in [1.165, 1.54) is 0 Å². The molecule has 0 spiro atoms.